The van der Waals surface area contributed by atoms with Crippen molar-refractivity contribution in [2.24, 2.45) is 0 Å². The molecule has 0 aliphatic rings. The normalized spacial score (nSPS) is 11.8. The number of rotatable bonds is 6. The minimum absolute atomic E-state index is 0.116. The zero-order valence-electron chi connectivity index (χ0n) is 14.9. The maximum Gasteiger partial charge on any atom is 0.362 e. The summed E-state index contributed by atoms with van der Waals surface area (Å²) in [4.78, 5) is 17.8. The van der Waals surface area contributed by atoms with Gasteiger partial charge in [-0.25, -0.2) is 4.39 Å². The second kappa shape index (κ2) is 7.69. The predicted molar refractivity (Wildman–Crippen MR) is 96.8 cm³/mol. The van der Waals surface area contributed by atoms with Crippen LogP contribution >= 0.6 is 7.60 Å². The number of halogens is 1. The highest BCUT2D eigenvalue weighted by molar-refractivity contribution is 7.51. The zero-order valence-corrected chi connectivity index (χ0v) is 15.8. The quantitative estimate of drug-likeness (QED) is 0.729. The molecule has 2 aromatic rings. The van der Waals surface area contributed by atoms with Gasteiger partial charge in [-0.15, -0.1) is 0 Å². The van der Waals surface area contributed by atoms with E-state index < -0.39 is 13.9 Å². The van der Waals surface area contributed by atoms with Gasteiger partial charge < -0.3 is 14.5 Å². The Hall–Kier alpha value is -1.68. The molecule has 0 aliphatic heterocycles. The molecule has 0 amide bonds. The highest BCUT2D eigenvalue weighted by Gasteiger charge is 2.15. The Balaban J connectivity index is 2.26. The predicted octanol–water partition coefficient (Wildman–Crippen LogP) is 4.67. The molecule has 136 valence electrons. The van der Waals surface area contributed by atoms with Crippen molar-refractivity contribution in [3.63, 3.8) is 0 Å². The molecule has 2 rings (SSSR count). The molecule has 0 spiro atoms. The summed E-state index contributed by atoms with van der Waals surface area (Å²) < 4.78 is 30.0. The topological polar surface area (TPSA) is 66.8 Å². The molecule has 4 nitrogen and oxygen atoms in total. The summed E-state index contributed by atoms with van der Waals surface area (Å²) in [6.45, 7) is 7.79. The summed E-state index contributed by atoms with van der Waals surface area (Å²) in [5.74, 6) is 0.364. The summed E-state index contributed by atoms with van der Waals surface area (Å²) in [5, 5.41) is 0. The maximum absolute atomic E-state index is 13.9. The van der Waals surface area contributed by atoms with E-state index in [0.29, 0.717) is 17.7 Å². The van der Waals surface area contributed by atoms with E-state index in [1.54, 1.807) is 18.2 Å². The first-order valence-corrected chi connectivity index (χ1v) is 9.92. The van der Waals surface area contributed by atoms with Gasteiger partial charge in [0, 0.05) is 0 Å². The third-order valence-corrected chi connectivity index (χ3v) is 4.60. The van der Waals surface area contributed by atoms with Gasteiger partial charge in [0.2, 0.25) is 0 Å². The fourth-order valence-electron chi connectivity index (χ4n) is 2.82. The molecule has 0 radical (unpaired) electrons. The second-order valence-electron chi connectivity index (χ2n) is 6.66. The van der Waals surface area contributed by atoms with Crippen LogP contribution in [0.2, 0.25) is 0 Å². The Morgan fingerprint density at radius 2 is 1.72 bits per heavy atom. The molecule has 0 heterocycles. The van der Waals surface area contributed by atoms with E-state index in [1.165, 1.54) is 6.07 Å². The van der Waals surface area contributed by atoms with Crippen molar-refractivity contribution in [1.82, 2.24) is 0 Å². The molecule has 6 heteroatoms. The monoisotopic (exact) mass is 366 g/mol. The number of aryl methyl sites for hydroxylation is 2. The molecule has 0 saturated carbocycles. The number of hydrogen-bond donors (Lipinski definition) is 2. The molecule has 25 heavy (non-hydrogen) atoms. The van der Waals surface area contributed by atoms with Gasteiger partial charge >= 0.3 is 7.60 Å². The first kappa shape index (κ1) is 19.6. The van der Waals surface area contributed by atoms with Crippen molar-refractivity contribution >= 4 is 7.60 Å². The van der Waals surface area contributed by atoms with Crippen molar-refractivity contribution < 1.29 is 23.5 Å². The molecule has 2 N–H and O–H groups in total. The number of ether oxygens (including phenoxy) is 1. The average molecular weight is 366 g/mol. The molecule has 0 saturated heterocycles. The molecule has 2 aromatic carbocycles. The van der Waals surface area contributed by atoms with E-state index in [9.17, 15) is 8.96 Å². The van der Waals surface area contributed by atoms with Crippen LogP contribution in [0, 0.1) is 19.7 Å². The van der Waals surface area contributed by atoms with Crippen molar-refractivity contribution in [2.75, 3.05) is 6.35 Å². The Labute approximate surface area is 147 Å². The average Bonchev–Trinajstić information content (AvgIpc) is 2.49. The summed E-state index contributed by atoms with van der Waals surface area (Å²) >= 11 is 0. The Morgan fingerprint density at radius 1 is 1.12 bits per heavy atom. The van der Waals surface area contributed by atoms with Gasteiger partial charge in [0.05, 0.1) is 0 Å². The van der Waals surface area contributed by atoms with Crippen LogP contribution < -0.4 is 4.74 Å². The number of benzene rings is 2. The van der Waals surface area contributed by atoms with Gasteiger partial charge in [0.15, 0.2) is 6.35 Å². The first-order valence-electron chi connectivity index (χ1n) is 8.12. The fraction of sp³-hybridized carbons (Fsp3) is 0.368. The molecular formula is C19H24FO4P. The molecule has 0 aliphatic carbocycles. The van der Waals surface area contributed by atoms with Gasteiger partial charge in [-0.3, -0.25) is 4.57 Å². The Morgan fingerprint density at radius 3 is 2.24 bits per heavy atom. The minimum Gasteiger partial charge on any atom is -0.481 e. The molecule has 0 aromatic heterocycles. The summed E-state index contributed by atoms with van der Waals surface area (Å²) in [7, 11) is -4.21. The van der Waals surface area contributed by atoms with Crippen LogP contribution in [0.15, 0.2) is 30.3 Å². The first-order chi connectivity index (χ1) is 11.6. The third-order valence-electron chi connectivity index (χ3n) is 4.13. The highest BCUT2D eigenvalue weighted by atomic mass is 31.2. The smallest absolute Gasteiger partial charge is 0.362 e. The SMILES string of the molecule is Cc1cc(OCP(=O)(O)O)cc(C)c1Cc1ccc(F)c(C(C)C)c1. The van der Waals surface area contributed by atoms with Crippen molar-refractivity contribution in [3.05, 3.63) is 64.0 Å². The van der Waals surface area contributed by atoms with Crippen molar-refractivity contribution in [3.8, 4) is 5.75 Å². The van der Waals surface area contributed by atoms with E-state index in [-0.39, 0.29) is 11.7 Å². The van der Waals surface area contributed by atoms with Gasteiger partial charge in [0.1, 0.15) is 11.6 Å². The van der Waals surface area contributed by atoms with Crippen molar-refractivity contribution in [1.29, 1.82) is 0 Å². The van der Waals surface area contributed by atoms with E-state index in [0.717, 1.165) is 22.3 Å². The van der Waals surface area contributed by atoms with E-state index in [1.807, 2.05) is 33.8 Å². The maximum atomic E-state index is 13.9. The fourth-order valence-corrected chi connectivity index (χ4v) is 3.14. The minimum atomic E-state index is -4.21. The van der Waals surface area contributed by atoms with Gasteiger partial charge in [-0.2, -0.15) is 0 Å². The van der Waals surface area contributed by atoms with Crippen LogP contribution in [-0.2, 0) is 11.0 Å². The lowest BCUT2D eigenvalue weighted by molar-refractivity contribution is 0.300. The van der Waals surface area contributed by atoms with E-state index in [2.05, 4.69) is 0 Å². The van der Waals surface area contributed by atoms with E-state index in [4.69, 9.17) is 14.5 Å². The lowest BCUT2D eigenvalue weighted by Crippen LogP contribution is -2.02. The largest absolute Gasteiger partial charge is 0.481 e. The Kier molecular flexibility index (Phi) is 6.04. The zero-order chi connectivity index (χ0) is 18.8. The molecular weight excluding hydrogens is 342 g/mol. The van der Waals surface area contributed by atoms with E-state index >= 15 is 0 Å². The standard InChI is InChI=1S/C19H24FO4P/c1-12(2)17-9-15(5-6-19(17)20)10-18-13(3)7-16(8-14(18)4)24-11-25(21,22)23/h5-9,12H,10-11H2,1-4H3,(H2,21,22,23). The van der Waals surface area contributed by atoms with Crippen molar-refractivity contribution in [2.45, 2.75) is 40.0 Å². The molecule has 0 unspecified atom stereocenters. The number of hydrogen-bond acceptors (Lipinski definition) is 2. The van der Waals surface area contributed by atoms with Gasteiger partial charge in [-0.1, -0.05) is 26.0 Å². The molecule has 0 atom stereocenters. The van der Waals surface area contributed by atoms with Gasteiger partial charge in [0.25, 0.3) is 0 Å². The molecule has 0 fully saturated rings. The van der Waals surface area contributed by atoms with Crippen LogP contribution in [0.5, 0.6) is 5.75 Å². The van der Waals surface area contributed by atoms with Crippen LogP contribution in [0.25, 0.3) is 0 Å². The second-order valence-corrected chi connectivity index (χ2v) is 8.25. The van der Waals surface area contributed by atoms with Gasteiger partial charge in [-0.05, 0) is 72.2 Å². The summed E-state index contributed by atoms with van der Waals surface area (Å²) in [5.41, 5.74) is 4.77. The lowest BCUT2D eigenvalue weighted by Gasteiger charge is -2.15. The third kappa shape index (κ3) is 5.40. The Bertz CT molecular complexity index is 788. The van der Waals surface area contributed by atoms with Crippen LogP contribution in [0.4, 0.5) is 4.39 Å². The van der Waals surface area contributed by atoms with Crippen LogP contribution in [-0.4, -0.2) is 16.1 Å². The van der Waals surface area contributed by atoms with Crippen LogP contribution in [0.3, 0.4) is 0 Å². The van der Waals surface area contributed by atoms with Crippen LogP contribution in [0.1, 0.15) is 47.6 Å². The highest BCUT2D eigenvalue weighted by Crippen LogP contribution is 2.35. The molecule has 0 bridgehead atoms. The summed E-state index contributed by atoms with van der Waals surface area (Å²) in [6.07, 6.45) is 0.0252. The lowest BCUT2D eigenvalue weighted by atomic mass is 9.93. The summed E-state index contributed by atoms with van der Waals surface area (Å²) in [6, 6.07) is 8.73.